The zero-order valence-corrected chi connectivity index (χ0v) is 17.1. The first-order chi connectivity index (χ1) is 15.0. The number of hydrogen-bond donors (Lipinski definition) is 0. The Kier molecular flexibility index (Phi) is 3.68. The van der Waals surface area contributed by atoms with Crippen LogP contribution in [0.3, 0.4) is 0 Å². The lowest BCUT2D eigenvalue weighted by molar-refractivity contribution is -0.118. The summed E-state index contributed by atoms with van der Waals surface area (Å²) < 4.78 is 13.6. The molecule has 6 rings (SSSR count). The van der Waals surface area contributed by atoms with Crippen molar-refractivity contribution in [3.05, 3.63) is 71.9 Å². The molecule has 0 radical (unpaired) electrons. The van der Waals surface area contributed by atoms with Crippen LogP contribution in [0.25, 0.3) is 17.0 Å². The average Bonchev–Trinajstić information content (AvgIpc) is 3.42. The van der Waals surface area contributed by atoms with Gasteiger partial charge in [-0.15, -0.1) is 5.10 Å². The summed E-state index contributed by atoms with van der Waals surface area (Å²) in [5, 5.41) is 4.58. The van der Waals surface area contributed by atoms with Gasteiger partial charge in [0.25, 0.3) is 0 Å². The van der Waals surface area contributed by atoms with Crippen LogP contribution < -0.4 is 4.74 Å². The lowest BCUT2D eigenvalue weighted by Crippen LogP contribution is -2.33. The minimum Gasteiger partial charge on any atom is -0.468 e. The molecule has 4 aromatic rings. The molecule has 4 aromatic heterocycles. The minimum atomic E-state index is -0.442. The number of furan rings is 1. The third-order valence-corrected chi connectivity index (χ3v) is 5.83. The highest BCUT2D eigenvalue weighted by Gasteiger charge is 2.44. The molecule has 1 aliphatic heterocycles. The van der Waals surface area contributed by atoms with Crippen LogP contribution in [0.2, 0.25) is 0 Å². The molecular weight excluding hydrogens is 394 g/mol. The summed E-state index contributed by atoms with van der Waals surface area (Å²) in [6.07, 6.45) is 7.71. The highest BCUT2D eigenvalue weighted by molar-refractivity contribution is 6.00. The number of ketones is 1. The van der Waals surface area contributed by atoms with Crippen LogP contribution >= 0.6 is 0 Å². The van der Waals surface area contributed by atoms with Gasteiger partial charge in [0.15, 0.2) is 17.3 Å². The number of carbonyl (C=O) groups excluding carboxylic acids is 1. The Morgan fingerprint density at radius 1 is 1.16 bits per heavy atom. The van der Waals surface area contributed by atoms with E-state index in [2.05, 4.69) is 28.9 Å². The summed E-state index contributed by atoms with van der Waals surface area (Å²) >= 11 is 0. The van der Waals surface area contributed by atoms with E-state index >= 15 is 0 Å². The molecule has 5 heterocycles. The predicted octanol–water partition coefficient (Wildman–Crippen LogP) is 3.95. The summed E-state index contributed by atoms with van der Waals surface area (Å²) in [7, 11) is 0. The largest absolute Gasteiger partial charge is 0.468 e. The maximum absolute atomic E-state index is 13.3. The van der Waals surface area contributed by atoms with Gasteiger partial charge < -0.3 is 9.15 Å². The van der Waals surface area contributed by atoms with Crippen LogP contribution in [0.4, 0.5) is 0 Å². The van der Waals surface area contributed by atoms with E-state index in [0.717, 1.165) is 5.56 Å². The van der Waals surface area contributed by atoms with Crippen LogP contribution in [-0.2, 0) is 4.79 Å². The number of pyridine rings is 1. The van der Waals surface area contributed by atoms with Crippen molar-refractivity contribution in [1.29, 1.82) is 0 Å². The average molecular weight is 413 g/mol. The first-order valence-electron chi connectivity index (χ1n) is 10.1. The summed E-state index contributed by atoms with van der Waals surface area (Å²) in [5.74, 6) is 1.94. The van der Waals surface area contributed by atoms with Crippen molar-refractivity contribution in [2.75, 3.05) is 0 Å². The summed E-state index contributed by atoms with van der Waals surface area (Å²) in [5.41, 5.74) is 2.58. The molecule has 0 saturated heterocycles. The molecule has 0 saturated carbocycles. The molecule has 0 fully saturated rings. The zero-order valence-electron chi connectivity index (χ0n) is 17.1. The number of ether oxygens (including phenoxy) is 1. The van der Waals surface area contributed by atoms with Crippen molar-refractivity contribution in [2.45, 2.75) is 32.6 Å². The first-order valence-corrected chi connectivity index (χ1v) is 10.1. The van der Waals surface area contributed by atoms with Crippen molar-refractivity contribution >= 4 is 11.4 Å². The Labute approximate surface area is 177 Å². The van der Waals surface area contributed by atoms with Gasteiger partial charge in [0, 0.05) is 36.4 Å². The number of allylic oxidation sites excluding steroid dienone is 2. The molecule has 0 amide bonds. The fraction of sp³-hybridized carbons (Fsp3) is 0.261. The maximum Gasteiger partial charge on any atom is 0.228 e. The van der Waals surface area contributed by atoms with Gasteiger partial charge in [0.1, 0.15) is 17.8 Å². The molecular formula is C23H19N5O3. The molecule has 0 bridgehead atoms. The van der Waals surface area contributed by atoms with Crippen molar-refractivity contribution in [3.8, 4) is 17.3 Å². The van der Waals surface area contributed by atoms with E-state index in [1.54, 1.807) is 29.5 Å². The van der Waals surface area contributed by atoms with E-state index in [1.807, 2.05) is 24.3 Å². The van der Waals surface area contributed by atoms with Crippen LogP contribution in [-0.4, -0.2) is 30.3 Å². The lowest BCUT2D eigenvalue weighted by Gasteiger charge is -2.36. The minimum absolute atomic E-state index is 0.0641. The number of fused-ring (bicyclic) bond motifs is 3. The van der Waals surface area contributed by atoms with Gasteiger partial charge in [-0.05, 0) is 29.7 Å². The van der Waals surface area contributed by atoms with Crippen LogP contribution in [0.1, 0.15) is 43.9 Å². The third-order valence-electron chi connectivity index (χ3n) is 5.83. The Bertz CT molecular complexity index is 1350. The van der Waals surface area contributed by atoms with Gasteiger partial charge >= 0.3 is 0 Å². The second-order valence-corrected chi connectivity index (χ2v) is 8.73. The third kappa shape index (κ3) is 2.78. The van der Waals surface area contributed by atoms with Crippen molar-refractivity contribution in [3.63, 3.8) is 0 Å². The second kappa shape index (κ2) is 6.34. The van der Waals surface area contributed by atoms with Gasteiger partial charge in [-0.1, -0.05) is 13.8 Å². The van der Waals surface area contributed by atoms with Gasteiger partial charge in [0.2, 0.25) is 5.88 Å². The molecule has 8 heteroatoms. The standard InChI is InChI=1S/C23H19N5O3/c1-23(2)10-14(29)17-16(11-23)31-22-19(18(17)15-4-3-9-30-15)21-26-20(27-28(21)12-25-22)13-5-7-24-8-6-13/h3-9,12,18H,10-11H2,1-2H3/t18-/m0/s1. The summed E-state index contributed by atoms with van der Waals surface area (Å²) in [6.45, 7) is 4.15. The molecule has 154 valence electrons. The molecule has 2 aliphatic rings. The van der Waals surface area contributed by atoms with Crippen molar-refractivity contribution in [2.24, 2.45) is 5.41 Å². The Balaban J connectivity index is 1.60. The number of hydrogen-bond acceptors (Lipinski definition) is 7. The first kappa shape index (κ1) is 18.0. The topological polar surface area (TPSA) is 95.4 Å². The van der Waals surface area contributed by atoms with E-state index in [9.17, 15) is 4.79 Å². The predicted molar refractivity (Wildman–Crippen MR) is 110 cm³/mol. The number of rotatable bonds is 2. The smallest absolute Gasteiger partial charge is 0.228 e. The van der Waals surface area contributed by atoms with Gasteiger partial charge in [-0.25, -0.2) is 14.5 Å². The molecule has 31 heavy (non-hydrogen) atoms. The zero-order chi connectivity index (χ0) is 21.2. The van der Waals surface area contributed by atoms with Crippen LogP contribution in [0.5, 0.6) is 5.88 Å². The monoisotopic (exact) mass is 413 g/mol. The van der Waals surface area contributed by atoms with Crippen molar-refractivity contribution < 1.29 is 13.9 Å². The highest BCUT2D eigenvalue weighted by Crippen LogP contribution is 2.50. The van der Waals surface area contributed by atoms with Gasteiger partial charge in [0.05, 0.1) is 17.7 Å². The number of aromatic nitrogens is 5. The van der Waals surface area contributed by atoms with Crippen molar-refractivity contribution in [1.82, 2.24) is 24.6 Å². The molecule has 8 nitrogen and oxygen atoms in total. The lowest BCUT2D eigenvalue weighted by atomic mass is 9.71. The quantitative estimate of drug-likeness (QED) is 0.491. The molecule has 0 N–H and O–H groups in total. The van der Waals surface area contributed by atoms with E-state index in [4.69, 9.17) is 14.1 Å². The molecule has 0 unspecified atom stereocenters. The van der Waals surface area contributed by atoms with Crippen LogP contribution in [0.15, 0.2) is 65.0 Å². The molecule has 1 aliphatic carbocycles. The normalized spacial score (nSPS) is 19.8. The summed E-state index contributed by atoms with van der Waals surface area (Å²) in [6, 6.07) is 7.40. The number of carbonyl (C=O) groups is 1. The van der Waals surface area contributed by atoms with Crippen LogP contribution in [0, 0.1) is 5.41 Å². The highest BCUT2D eigenvalue weighted by atomic mass is 16.5. The summed E-state index contributed by atoms with van der Waals surface area (Å²) in [4.78, 5) is 26.6. The molecule has 1 atom stereocenters. The van der Waals surface area contributed by atoms with E-state index in [-0.39, 0.29) is 11.2 Å². The Hall–Kier alpha value is -3.81. The SMILES string of the molecule is CC1(C)CC(=O)C2=C(C1)Oc1ncn3nc(-c4ccncc4)nc3c1[C@H]2c1ccco1. The van der Waals surface area contributed by atoms with Gasteiger partial charge in [-0.3, -0.25) is 9.78 Å². The Morgan fingerprint density at radius 3 is 2.77 bits per heavy atom. The molecule has 0 aromatic carbocycles. The Morgan fingerprint density at radius 2 is 2.00 bits per heavy atom. The number of nitrogens with zero attached hydrogens (tertiary/aromatic N) is 5. The van der Waals surface area contributed by atoms with Gasteiger partial charge in [-0.2, -0.15) is 0 Å². The van der Waals surface area contributed by atoms with E-state index in [1.165, 1.54) is 0 Å². The van der Waals surface area contributed by atoms with E-state index in [0.29, 0.717) is 52.8 Å². The molecule has 0 spiro atoms. The fourth-order valence-electron chi connectivity index (χ4n) is 4.51. The maximum atomic E-state index is 13.3. The van der Waals surface area contributed by atoms with E-state index < -0.39 is 5.92 Å². The second-order valence-electron chi connectivity index (χ2n) is 8.73. The number of Topliss-reactive ketones (excluding diaryl/α,β-unsaturated/α-hetero) is 1. The fourth-order valence-corrected chi connectivity index (χ4v) is 4.51.